The van der Waals surface area contributed by atoms with Crippen LogP contribution in [0.25, 0.3) is 0 Å². The highest BCUT2D eigenvalue weighted by atomic mass is 79.9. The molecule has 0 saturated carbocycles. The minimum absolute atomic E-state index is 0.0450. The molecule has 0 unspecified atom stereocenters. The van der Waals surface area contributed by atoms with Crippen LogP contribution < -0.4 is 0 Å². The van der Waals surface area contributed by atoms with Crippen molar-refractivity contribution in [1.82, 2.24) is 4.98 Å². The third-order valence-electron chi connectivity index (χ3n) is 1.82. The maximum atomic E-state index is 12.9. The molecule has 0 spiro atoms. The summed E-state index contributed by atoms with van der Waals surface area (Å²) < 4.78 is 98.6. The van der Waals surface area contributed by atoms with Gasteiger partial charge in [-0.1, -0.05) is 0 Å². The summed E-state index contributed by atoms with van der Waals surface area (Å²) in [5.74, 6) is -5.64. The Hall–Kier alpha value is -0.930. The van der Waals surface area contributed by atoms with Crippen LogP contribution in [0.4, 0.5) is 35.1 Å². The van der Waals surface area contributed by atoms with E-state index < -0.39 is 34.0 Å². The fraction of sp³-hybridized carbons (Fsp3) is 0.375. The second-order valence-electron chi connectivity index (χ2n) is 3.12. The van der Waals surface area contributed by atoms with Gasteiger partial charge < -0.3 is 0 Å². The molecule has 0 N–H and O–H groups in total. The van der Waals surface area contributed by atoms with E-state index in [1.807, 2.05) is 0 Å². The Morgan fingerprint density at radius 2 is 1.44 bits per heavy atom. The van der Waals surface area contributed by atoms with Gasteiger partial charge in [-0.05, 0) is 22.0 Å². The van der Waals surface area contributed by atoms with Gasteiger partial charge in [0.05, 0.1) is 5.56 Å². The highest BCUT2D eigenvalue weighted by Crippen LogP contribution is 2.47. The molecular formula is C8H2BrF8N. The van der Waals surface area contributed by atoms with Gasteiger partial charge in [0.2, 0.25) is 0 Å². The van der Waals surface area contributed by atoms with Crippen molar-refractivity contribution in [3.05, 3.63) is 28.0 Å². The Kier molecular flexibility index (Phi) is 3.63. The number of pyridine rings is 1. The van der Waals surface area contributed by atoms with Crippen molar-refractivity contribution in [2.75, 3.05) is 0 Å². The number of aromatic nitrogens is 1. The van der Waals surface area contributed by atoms with Gasteiger partial charge in [-0.2, -0.15) is 35.1 Å². The summed E-state index contributed by atoms with van der Waals surface area (Å²) in [5.41, 5.74) is -4.51. The van der Waals surface area contributed by atoms with Crippen LogP contribution in [0.1, 0.15) is 11.3 Å². The second-order valence-corrected chi connectivity index (χ2v) is 4.04. The molecule has 0 atom stereocenters. The maximum absolute atomic E-state index is 12.9. The van der Waals surface area contributed by atoms with Crippen LogP contribution in [-0.4, -0.2) is 11.2 Å². The SMILES string of the molecule is FC(F)(F)c1ncc(Br)cc1C(F)(F)C(F)(F)F. The Labute approximate surface area is 103 Å². The number of halogens is 9. The quantitative estimate of drug-likeness (QED) is 0.683. The van der Waals surface area contributed by atoms with E-state index in [-0.39, 0.29) is 6.07 Å². The van der Waals surface area contributed by atoms with Gasteiger partial charge in [0.15, 0.2) is 5.69 Å². The molecule has 1 heterocycles. The molecule has 1 aromatic heterocycles. The molecule has 1 nitrogen and oxygen atoms in total. The summed E-state index contributed by atoms with van der Waals surface area (Å²) >= 11 is 2.49. The summed E-state index contributed by atoms with van der Waals surface area (Å²) in [7, 11) is 0. The van der Waals surface area contributed by atoms with Crippen molar-refractivity contribution >= 4 is 15.9 Å². The first-order chi connectivity index (χ1) is 7.87. The fourth-order valence-electron chi connectivity index (χ4n) is 1.06. The van der Waals surface area contributed by atoms with Gasteiger partial charge >= 0.3 is 18.3 Å². The van der Waals surface area contributed by atoms with E-state index in [9.17, 15) is 35.1 Å². The van der Waals surface area contributed by atoms with E-state index in [0.29, 0.717) is 6.20 Å². The monoisotopic (exact) mass is 343 g/mol. The van der Waals surface area contributed by atoms with Crippen molar-refractivity contribution in [3.8, 4) is 0 Å². The Balaban J connectivity index is 3.53. The van der Waals surface area contributed by atoms with Crippen LogP contribution in [0.5, 0.6) is 0 Å². The van der Waals surface area contributed by atoms with Crippen molar-refractivity contribution in [2.45, 2.75) is 18.3 Å². The summed E-state index contributed by atoms with van der Waals surface area (Å²) in [5, 5.41) is 0. The topological polar surface area (TPSA) is 12.9 Å². The molecule has 0 aliphatic rings. The number of nitrogens with zero attached hydrogens (tertiary/aromatic N) is 1. The van der Waals surface area contributed by atoms with E-state index in [1.54, 1.807) is 0 Å². The average Bonchev–Trinajstić information content (AvgIpc) is 2.13. The molecular weight excluding hydrogens is 342 g/mol. The lowest BCUT2D eigenvalue weighted by Crippen LogP contribution is -2.36. The molecule has 0 fully saturated rings. The molecule has 1 aromatic rings. The van der Waals surface area contributed by atoms with Gasteiger partial charge in [0, 0.05) is 10.7 Å². The molecule has 102 valence electrons. The van der Waals surface area contributed by atoms with Gasteiger partial charge in [-0.25, -0.2) is 0 Å². The van der Waals surface area contributed by atoms with Crippen LogP contribution in [0.15, 0.2) is 16.7 Å². The first-order valence-electron chi connectivity index (χ1n) is 4.05. The molecule has 0 amide bonds. The van der Waals surface area contributed by atoms with Crippen molar-refractivity contribution in [2.24, 2.45) is 0 Å². The van der Waals surface area contributed by atoms with Crippen molar-refractivity contribution in [3.63, 3.8) is 0 Å². The van der Waals surface area contributed by atoms with E-state index in [4.69, 9.17) is 0 Å². The lowest BCUT2D eigenvalue weighted by molar-refractivity contribution is -0.291. The number of alkyl halides is 8. The first kappa shape index (κ1) is 15.1. The highest BCUT2D eigenvalue weighted by molar-refractivity contribution is 9.10. The van der Waals surface area contributed by atoms with E-state index >= 15 is 0 Å². The highest BCUT2D eigenvalue weighted by Gasteiger charge is 2.61. The zero-order valence-electron chi connectivity index (χ0n) is 8.00. The van der Waals surface area contributed by atoms with Crippen LogP contribution in [0.2, 0.25) is 0 Å². The predicted octanol–water partition coefficient (Wildman–Crippen LogP) is 4.52. The molecule has 1 rings (SSSR count). The number of hydrogen-bond acceptors (Lipinski definition) is 1. The van der Waals surface area contributed by atoms with Crippen LogP contribution >= 0.6 is 15.9 Å². The molecule has 0 saturated heterocycles. The molecule has 0 radical (unpaired) electrons. The lowest BCUT2D eigenvalue weighted by atomic mass is 10.1. The summed E-state index contributed by atoms with van der Waals surface area (Å²) in [6.07, 6.45) is -11.1. The minimum Gasteiger partial charge on any atom is -0.250 e. The Morgan fingerprint density at radius 1 is 0.944 bits per heavy atom. The summed E-state index contributed by atoms with van der Waals surface area (Å²) in [6, 6.07) is 0.0450. The van der Waals surface area contributed by atoms with Gasteiger partial charge in [0.1, 0.15) is 0 Å². The van der Waals surface area contributed by atoms with E-state index in [0.717, 1.165) is 0 Å². The summed E-state index contributed by atoms with van der Waals surface area (Å²) in [6.45, 7) is 0. The normalized spacial score (nSPS) is 13.8. The van der Waals surface area contributed by atoms with Gasteiger partial charge in [0.25, 0.3) is 0 Å². The second kappa shape index (κ2) is 4.32. The minimum atomic E-state index is -6.14. The largest absolute Gasteiger partial charge is 0.458 e. The smallest absolute Gasteiger partial charge is 0.250 e. The average molecular weight is 344 g/mol. The standard InChI is InChI=1S/C8H2BrF8N/c9-3-1-4(6(10,11)8(15,16)17)5(18-2-3)7(12,13)14/h1-2H. The summed E-state index contributed by atoms with van der Waals surface area (Å²) in [4.78, 5) is 2.58. The van der Waals surface area contributed by atoms with E-state index in [1.165, 1.54) is 0 Å². The van der Waals surface area contributed by atoms with Gasteiger partial charge in [-0.3, -0.25) is 4.98 Å². The Bertz CT molecular complexity index is 449. The van der Waals surface area contributed by atoms with Crippen LogP contribution in [0, 0.1) is 0 Å². The van der Waals surface area contributed by atoms with Gasteiger partial charge in [-0.15, -0.1) is 0 Å². The Morgan fingerprint density at radius 3 is 1.83 bits per heavy atom. The fourth-order valence-corrected chi connectivity index (χ4v) is 1.39. The zero-order valence-corrected chi connectivity index (χ0v) is 9.59. The van der Waals surface area contributed by atoms with E-state index in [2.05, 4.69) is 20.9 Å². The molecule has 0 aliphatic carbocycles. The molecule has 10 heteroatoms. The zero-order chi connectivity index (χ0) is 14.4. The maximum Gasteiger partial charge on any atom is 0.458 e. The van der Waals surface area contributed by atoms with Crippen LogP contribution in [0.3, 0.4) is 0 Å². The van der Waals surface area contributed by atoms with Crippen molar-refractivity contribution in [1.29, 1.82) is 0 Å². The molecule has 0 aliphatic heterocycles. The molecule has 0 bridgehead atoms. The third kappa shape index (κ3) is 2.73. The third-order valence-corrected chi connectivity index (χ3v) is 2.25. The first-order valence-corrected chi connectivity index (χ1v) is 4.84. The van der Waals surface area contributed by atoms with Crippen LogP contribution in [-0.2, 0) is 12.1 Å². The molecule has 18 heavy (non-hydrogen) atoms. The molecule has 0 aromatic carbocycles. The predicted molar refractivity (Wildman–Crippen MR) is 46.9 cm³/mol. The lowest BCUT2D eigenvalue weighted by Gasteiger charge is -2.22. The van der Waals surface area contributed by atoms with Crippen molar-refractivity contribution < 1.29 is 35.1 Å². The number of rotatable bonds is 1. The number of hydrogen-bond donors (Lipinski definition) is 0.